The van der Waals surface area contributed by atoms with Gasteiger partial charge < -0.3 is 14.8 Å². The van der Waals surface area contributed by atoms with Crippen molar-refractivity contribution in [2.24, 2.45) is 17.3 Å². The number of esters is 1. The molecule has 116 valence electrons. The van der Waals surface area contributed by atoms with Gasteiger partial charge in [0.15, 0.2) is 0 Å². The molecule has 2 atom stereocenters. The molecule has 0 radical (unpaired) electrons. The monoisotopic (exact) mass is 285 g/mol. The zero-order chi connectivity index (χ0) is 15.6. The maximum absolute atomic E-state index is 12.0. The maximum atomic E-state index is 12.0. The molecule has 5 heteroatoms. The van der Waals surface area contributed by atoms with Crippen LogP contribution in [-0.4, -0.2) is 31.3 Å². The van der Waals surface area contributed by atoms with Crippen molar-refractivity contribution in [2.75, 3.05) is 13.7 Å². The third kappa shape index (κ3) is 4.39. The van der Waals surface area contributed by atoms with Crippen molar-refractivity contribution in [3.05, 3.63) is 0 Å². The lowest BCUT2D eigenvalue weighted by Gasteiger charge is -2.21. The van der Waals surface area contributed by atoms with Crippen LogP contribution in [0, 0.1) is 17.3 Å². The summed E-state index contributed by atoms with van der Waals surface area (Å²) in [6, 6.07) is 0. The van der Waals surface area contributed by atoms with Crippen molar-refractivity contribution < 1.29 is 19.1 Å². The first-order valence-corrected chi connectivity index (χ1v) is 7.16. The molecule has 1 aliphatic carbocycles. The summed E-state index contributed by atoms with van der Waals surface area (Å²) in [5.41, 5.74) is -1.10. The lowest BCUT2D eigenvalue weighted by molar-refractivity contribution is -0.147. The molecule has 20 heavy (non-hydrogen) atoms. The van der Waals surface area contributed by atoms with Crippen LogP contribution in [0.5, 0.6) is 0 Å². The van der Waals surface area contributed by atoms with E-state index in [0.29, 0.717) is 5.92 Å². The van der Waals surface area contributed by atoms with Gasteiger partial charge in [0.2, 0.25) is 0 Å². The van der Waals surface area contributed by atoms with Gasteiger partial charge in [-0.2, -0.15) is 0 Å². The van der Waals surface area contributed by atoms with Crippen LogP contribution in [0.1, 0.15) is 47.5 Å². The lowest BCUT2D eigenvalue weighted by Crippen LogP contribution is -2.39. The minimum atomic E-state index is -0.560. The highest BCUT2D eigenvalue weighted by atomic mass is 16.6. The molecule has 1 amide bonds. The molecule has 0 saturated heterocycles. The Morgan fingerprint density at radius 3 is 2.40 bits per heavy atom. The van der Waals surface area contributed by atoms with Crippen LogP contribution in [0.25, 0.3) is 0 Å². The van der Waals surface area contributed by atoms with Crippen LogP contribution >= 0.6 is 0 Å². The molecular formula is C15H27NO4. The third-order valence-electron chi connectivity index (χ3n) is 3.53. The highest BCUT2D eigenvalue weighted by Crippen LogP contribution is 2.56. The van der Waals surface area contributed by atoms with Gasteiger partial charge in [0.1, 0.15) is 5.60 Å². The Balaban J connectivity index is 2.57. The van der Waals surface area contributed by atoms with Gasteiger partial charge in [-0.15, -0.1) is 0 Å². The maximum Gasteiger partial charge on any atom is 0.407 e. The molecule has 1 aliphatic rings. The lowest BCUT2D eigenvalue weighted by atomic mass is 9.97. The normalized spacial score (nSPS) is 25.2. The Kier molecular flexibility index (Phi) is 5.05. The molecule has 1 fully saturated rings. The zero-order valence-corrected chi connectivity index (χ0v) is 13.4. The molecule has 2 unspecified atom stereocenters. The quantitative estimate of drug-likeness (QED) is 0.789. The van der Waals surface area contributed by atoms with Crippen molar-refractivity contribution >= 4 is 12.1 Å². The summed E-state index contributed by atoms with van der Waals surface area (Å²) in [7, 11) is 1.39. The summed E-state index contributed by atoms with van der Waals surface area (Å²) >= 11 is 0. The van der Waals surface area contributed by atoms with Crippen LogP contribution in [0.15, 0.2) is 0 Å². The van der Waals surface area contributed by atoms with E-state index in [-0.39, 0.29) is 18.4 Å². The smallest absolute Gasteiger partial charge is 0.407 e. The summed E-state index contributed by atoms with van der Waals surface area (Å²) in [6.45, 7) is 9.96. The van der Waals surface area contributed by atoms with E-state index >= 15 is 0 Å². The third-order valence-corrected chi connectivity index (χ3v) is 3.53. The van der Waals surface area contributed by atoms with Crippen molar-refractivity contribution in [3.8, 4) is 0 Å². The van der Waals surface area contributed by atoms with Gasteiger partial charge in [-0.25, -0.2) is 4.79 Å². The number of carbonyl (C=O) groups excluding carboxylic acids is 2. The van der Waals surface area contributed by atoms with Gasteiger partial charge >= 0.3 is 12.1 Å². The van der Waals surface area contributed by atoms with E-state index in [1.54, 1.807) is 20.8 Å². The summed E-state index contributed by atoms with van der Waals surface area (Å²) < 4.78 is 10.1. The molecular weight excluding hydrogens is 258 g/mol. The topological polar surface area (TPSA) is 64.6 Å². The van der Waals surface area contributed by atoms with E-state index in [4.69, 9.17) is 9.47 Å². The van der Waals surface area contributed by atoms with Crippen molar-refractivity contribution in [3.63, 3.8) is 0 Å². The van der Waals surface area contributed by atoms with E-state index in [2.05, 4.69) is 19.2 Å². The average molecular weight is 285 g/mol. The van der Waals surface area contributed by atoms with E-state index in [1.165, 1.54) is 7.11 Å². The molecule has 0 heterocycles. The van der Waals surface area contributed by atoms with Gasteiger partial charge in [0.05, 0.1) is 12.5 Å². The average Bonchev–Trinajstić information content (AvgIpc) is 2.97. The van der Waals surface area contributed by atoms with Crippen LogP contribution in [-0.2, 0) is 14.3 Å². The number of methoxy groups -OCH3 is 1. The first-order valence-electron chi connectivity index (χ1n) is 7.16. The van der Waals surface area contributed by atoms with Crippen LogP contribution in [0.2, 0.25) is 0 Å². The molecule has 0 aromatic rings. The molecule has 0 aliphatic heterocycles. The standard InChI is InChI=1S/C15H27NO4/c1-10(2)7-11-8-15(11,12(17)19-6)9-16-13(18)20-14(3,4)5/h10-11H,7-9H2,1-6H3,(H,16,18). The summed E-state index contributed by atoms with van der Waals surface area (Å²) in [6.07, 6.45) is 1.25. The summed E-state index contributed by atoms with van der Waals surface area (Å²) in [5, 5.41) is 2.70. The fourth-order valence-corrected chi connectivity index (χ4v) is 2.54. The Labute approximate surface area is 121 Å². The number of rotatable bonds is 5. The Bertz CT molecular complexity index is 373. The van der Waals surface area contributed by atoms with Gasteiger partial charge in [-0.05, 0) is 45.4 Å². The van der Waals surface area contributed by atoms with Crippen LogP contribution in [0.3, 0.4) is 0 Å². The second kappa shape index (κ2) is 6.02. The van der Waals surface area contributed by atoms with Gasteiger partial charge in [-0.3, -0.25) is 4.79 Å². The number of nitrogens with one attached hydrogen (secondary N) is 1. The van der Waals surface area contributed by atoms with Gasteiger partial charge in [0.25, 0.3) is 0 Å². The minimum absolute atomic E-state index is 0.237. The number of amides is 1. The van der Waals surface area contributed by atoms with Crippen LogP contribution < -0.4 is 5.32 Å². The SMILES string of the molecule is COC(=O)C1(CNC(=O)OC(C)(C)C)CC1CC(C)C. The van der Waals surface area contributed by atoms with Crippen molar-refractivity contribution in [1.82, 2.24) is 5.32 Å². The Morgan fingerprint density at radius 1 is 1.35 bits per heavy atom. The number of hydrogen-bond donors (Lipinski definition) is 1. The Morgan fingerprint density at radius 2 is 1.95 bits per heavy atom. The molecule has 0 aromatic heterocycles. The molecule has 0 bridgehead atoms. The largest absolute Gasteiger partial charge is 0.469 e. The number of carbonyl (C=O) groups is 2. The summed E-state index contributed by atoms with van der Waals surface area (Å²) in [5.74, 6) is 0.567. The van der Waals surface area contributed by atoms with Crippen LogP contribution in [0.4, 0.5) is 4.79 Å². The van der Waals surface area contributed by atoms with Gasteiger partial charge in [0, 0.05) is 6.54 Å². The fourth-order valence-electron chi connectivity index (χ4n) is 2.54. The molecule has 1 saturated carbocycles. The zero-order valence-electron chi connectivity index (χ0n) is 13.4. The molecule has 5 nitrogen and oxygen atoms in total. The highest BCUT2D eigenvalue weighted by molar-refractivity contribution is 5.81. The number of ether oxygens (including phenoxy) is 2. The van der Waals surface area contributed by atoms with E-state index < -0.39 is 17.1 Å². The molecule has 1 N–H and O–H groups in total. The van der Waals surface area contributed by atoms with E-state index in [0.717, 1.165) is 12.8 Å². The molecule has 0 aromatic carbocycles. The first-order chi connectivity index (χ1) is 9.10. The predicted octanol–water partition coefficient (Wildman–Crippen LogP) is 2.74. The highest BCUT2D eigenvalue weighted by Gasteiger charge is 2.60. The fraction of sp³-hybridized carbons (Fsp3) is 0.867. The van der Waals surface area contributed by atoms with Crippen molar-refractivity contribution in [1.29, 1.82) is 0 Å². The van der Waals surface area contributed by atoms with Crippen molar-refractivity contribution in [2.45, 2.75) is 53.1 Å². The predicted molar refractivity (Wildman–Crippen MR) is 76.2 cm³/mol. The second-order valence-electron chi connectivity index (χ2n) is 7.03. The minimum Gasteiger partial charge on any atom is -0.469 e. The second-order valence-corrected chi connectivity index (χ2v) is 7.03. The first kappa shape index (κ1) is 16.8. The number of alkyl carbamates (subject to hydrolysis) is 1. The number of hydrogen-bond acceptors (Lipinski definition) is 4. The van der Waals surface area contributed by atoms with E-state index in [9.17, 15) is 9.59 Å². The Hall–Kier alpha value is -1.26. The molecule has 0 spiro atoms. The van der Waals surface area contributed by atoms with E-state index in [1.807, 2.05) is 0 Å². The van der Waals surface area contributed by atoms with Gasteiger partial charge in [-0.1, -0.05) is 13.8 Å². The summed E-state index contributed by atoms with van der Waals surface area (Å²) in [4.78, 5) is 23.7. The molecule has 1 rings (SSSR count).